The fourth-order valence-electron chi connectivity index (χ4n) is 4.47. The minimum Gasteiger partial charge on any atom is -0.355 e. The second kappa shape index (κ2) is 9.41. The van der Waals surface area contributed by atoms with Crippen molar-refractivity contribution in [1.82, 2.24) is 0 Å². The Morgan fingerprint density at radius 2 is 0.947 bits per heavy atom. The van der Waals surface area contributed by atoms with E-state index in [1.54, 1.807) is 38.1 Å². The third kappa shape index (κ3) is 5.07. The van der Waals surface area contributed by atoms with Crippen molar-refractivity contribution in [2.45, 2.75) is 23.6 Å². The van der Waals surface area contributed by atoms with Gasteiger partial charge in [0, 0.05) is 33.5 Å². The number of anilines is 4. The van der Waals surface area contributed by atoms with Crippen LogP contribution in [0.25, 0.3) is 21.5 Å². The van der Waals surface area contributed by atoms with E-state index in [0.29, 0.717) is 33.9 Å². The van der Waals surface area contributed by atoms with Crippen LogP contribution in [0.5, 0.6) is 0 Å². The molecule has 4 N–H and O–H groups in total. The standard InChI is InChI=1S/C28H24N2O6S2/c1-17-7-9-21(15-27(17)37(31,32)33)29-25-11-12-26(24-14-20-6-4-3-5-19(20)13-23(24)25)30-22-10-8-18(2)28(16-22)38(34,35)36/h3-16,29-30H,1-2H3,(H,31,32,33)(H,34,35,36). The molecule has 0 unspecified atom stereocenters. The summed E-state index contributed by atoms with van der Waals surface area (Å²) in [5.74, 6) is 0. The van der Waals surface area contributed by atoms with Crippen LogP contribution in [0.2, 0.25) is 0 Å². The largest absolute Gasteiger partial charge is 0.355 e. The summed E-state index contributed by atoms with van der Waals surface area (Å²) in [6, 6.07) is 25.0. The molecule has 0 fully saturated rings. The Morgan fingerprint density at radius 3 is 1.32 bits per heavy atom. The second-order valence-corrected chi connectivity index (χ2v) is 11.8. The number of hydrogen-bond donors (Lipinski definition) is 4. The Kier molecular flexibility index (Phi) is 6.36. The van der Waals surface area contributed by atoms with E-state index < -0.39 is 20.2 Å². The molecule has 0 heterocycles. The van der Waals surface area contributed by atoms with Gasteiger partial charge in [0.05, 0.1) is 9.79 Å². The molecular weight excluding hydrogens is 524 g/mol. The minimum absolute atomic E-state index is 0.176. The minimum atomic E-state index is -4.39. The Bertz CT molecular complexity index is 1810. The average Bonchev–Trinajstić information content (AvgIpc) is 2.85. The first-order valence-electron chi connectivity index (χ1n) is 11.6. The van der Waals surface area contributed by atoms with Crippen molar-refractivity contribution in [3.05, 3.63) is 96.1 Å². The summed E-state index contributed by atoms with van der Waals surface area (Å²) in [7, 11) is -8.78. The van der Waals surface area contributed by atoms with E-state index in [9.17, 15) is 25.9 Å². The summed E-state index contributed by atoms with van der Waals surface area (Å²) in [5, 5.41) is 10.2. The van der Waals surface area contributed by atoms with Gasteiger partial charge in [-0.15, -0.1) is 0 Å². The summed E-state index contributed by atoms with van der Waals surface area (Å²) < 4.78 is 66.4. The van der Waals surface area contributed by atoms with Crippen LogP contribution in [-0.2, 0) is 20.2 Å². The predicted octanol–water partition coefficient (Wildman–Crippen LogP) is 6.59. The summed E-state index contributed by atoms with van der Waals surface area (Å²) in [5.41, 5.74) is 3.21. The van der Waals surface area contributed by atoms with Crippen LogP contribution in [0, 0.1) is 13.8 Å². The van der Waals surface area contributed by atoms with E-state index in [0.717, 1.165) is 21.5 Å². The van der Waals surface area contributed by atoms with Crippen LogP contribution in [0.15, 0.2) is 94.7 Å². The third-order valence-corrected chi connectivity index (χ3v) is 8.36. The topological polar surface area (TPSA) is 133 Å². The van der Waals surface area contributed by atoms with Gasteiger partial charge in [0.2, 0.25) is 0 Å². The normalized spacial score (nSPS) is 12.1. The number of nitrogens with one attached hydrogen (secondary N) is 2. The number of fused-ring (bicyclic) bond motifs is 2. The lowest BCUT2D eigenvalue weighted by atomic mass is 10.0. The molecule has 194 valence electrons. The highest BCUT2D eigenvalue weighted by Crippen LogP contribution is 2.37. The van der Waals surface area contributed by atoms with Gasteiger partial charge in [-0.3, -0.25) is 9.11 Å². The second-order valence-electron chi connectivity index (χ2n) is 9.07. The summed E-state index contributed by atoms with van der Waals surface area (Å²) >= 11 is 0. The lowest BCUT2D eigenvalue weighted by Gasteiger charge is -2.17. The zero-order valence-corrected chi connectivity index (χ0v) is 22.1. The van der Waals surface area contributed by atoms with Crippen molar-refractivity contribution in [2.75, 3.05) is 10.6 Å². The molecule has 0 amide bonds. The van der Waals surface area contributed by atoms with E-state index in [-0.39, 0.29) is 9.79 Å². The molecule has 0 bridgehead atoms. The Morgan fingerprint density at radius 1 is 0.553 bits per heavy atom. The molecule has 5 aromatic carbocycles. The summed E-state index contributed by atoms with van der Waals surface area (Å²) in [6.45, 7) is 3.21. The molecule has 0 aromatic heterocycles. The molecule has 0 spiro atoms. The van der Waals surface area contributed by atoms with Gasteiger partial charge in [-0.2, -0.15) is 16.8 Å². The molecule has 5 rings (SSSR count). The highest BCUT2D eigenvalue weighted by Gasteiger charge is 2.16. The first-order chi connectivity index (χ1) is 17.9. The van der Waals surface area contributed by atoms with Crippen LogP contribution in [-0.4, -0.2) is 25.9 Å². The first-order valence-corrected chi connectivity index (χ1v) is 14.4. The molecule has 0 radical (unpaired) electrons. The number of rotatable bonds is 6. The van der Waals surface area contributed by atoms with Crippen LogP contribution < -0.4 is 10.6 Å². The molecule has 0 saturated carbocycles. The molecule has 0 atom stereocenters. The first kappa shape index (κ1) is 25.7. The average molecular weight is 549 g/mol. The molecule has 5 aromatic rings. The van der Waals surface area contributed by atoms with Crippen molar-refractivity contribution < 1.29 is 25.9 Å². The molecular formula is C28H24N2O6S2. The Hall–Kier alpha value is -3.96. The van der Waals surface area contributed by atoms with Gasteiger partial charge in [0.1, 0.15) is 0 Å². The molecule has 10 heteroatoms. The molecule has 0 saturated heterocycles. The van der Waals surface area contributed by atoms with Crippen molar-refractivity contribution in [3.63, 3.8) is 0 Å². The lowest BCUT2D eigenvalue weighted by Crippen LogP contribution is -2.03. The van der Waals surface area contributed by atoms with Crippen LogP contribution >= 0.6 is 0 Å². The summed E-state index contributed by atoms with van der Waals surface area (Å²) in [4.78, 5) is -0.353. The number of aryl methyl sites for hydroxylation is 2. The smallest absolute Gasteiger partial charge is 0.294 e. The van der Waals surface area contributed by atoms with Gasteiger partial charge < -0.3 is 10.6 Å². The number of benzene rings is 5. The monoisotopic (exact) mass is 548 g/mol. The quantitative estimate of drug-likeness (QED) is 0.138. The van der Waals surface area contributed by atoms with E-state index in [2.05, 4.69) is 10.6 Å². The van der Waals surface area contributed by atoms with Crippen molar-refractivity contribution >= 4 is 64.5 Å². The predicted molar refractivity (Wildman–Crippen MR) is 150 cm³/mol. The highest BCUT2D eigenvalue weighted by atomic mass is 32.2. The van der Waals surface area contributed by atoms with E-state index in [4.69, 9.17) is 0 Å². The highest BCUT2D eigenvalue weighted by molar-refractivity contribution is 7.86. The summed E-state index contributed by atoms with van der Waals surface area (Å²) in [6.07, 6.45) is 0. The van der Waals surface area contributed by atoms with Gasteiger partial charge in [-0.05, 0) is 84.3 Å². The van der Waals surface area contributed by atoms with Crippen LogP contribution in [0.1, 0.15) is 11.1 Å². The molecule has 8 nitrogen and oxygen atoms in total. The number of hydrogen-bond acceptors (Lipinski definition) is 6. The van der Waals surface area contributed by atoms with Crippen LogP contribution in [0.3, 0.4) is 0 Å². The van der Waals surface area contributed by atoms with E-state index >= 15 is 0 Å². The molecule has 0 aliphatic carbocycles. The van der Waals surface area contributed by atoms with Crippen molar-refractivity contribution in [3.8, 4) is 0 Å². The van der Waals surface area contributed by atoms with Crippen molar-refractivity contribution in [1.29, 1.82) is 0 Å². The van der Waals surface area contributed by atoms with Gasteiger partial charge in [0.15, 0.2) is 0 Å². The Balaban J connectivity index is 1.65. The molecule has 38 heavy (non-hydrogen) atoms. The van der Waals surface area contributed by atoms with E-state index in [1.807, 2.05) is 48.5 Å². The Labute approximate surface area is 220 Å². The van der Waals surface area contributed by atoms with Gasteiger partial charge in [0.25, 0.3) is 20.2 Å². The van der Waals surface area contributed by atoms with Gasteiger partial charge in [-0.25, -0.2) is 0 Å². The van der Waals surface area contributed by atoms with Gasteiger partial charge in [-0.1, -0.05) is 36.4 Å². The third-order valence-electron chi connectivity index (χ3n) is 6.37. The van der Waals surface area contributed by atoms with Crippen LogP contribution in [0.4, 0.5) is 22.7 Å². The van der Waals surface area contributed by atoms with Crippen molar-refractivity contribution in [2.24, 2.45) is 0 Å². The maximum absolute atomic E-state index is 11.8. The fraction of sp³-hybridized carbons (Fsp3) is 0.0714. The molecule has 0 aliphatic heterocycles. The molecule has 0 aliphatic rings. The lowest BCUT2D eigenvalue weighted by molar-refractivity contribution is 0.480. The zero-order valence-electron chi connectivity index (χ0n) is 20.4. The van der Waals surface area contributed by atoms with E-state index in [1.165, 1.54) is 12.1 Å². The maximum atomic E-state index is 11.8. The maximum Gasteiger partial charge on any atom is 0.294 e. The SMILES string of the molecule is Cc1ccc(Nc2ccc(Nc3ccc(C)c(S(=O)(=O)O)c3)c3cc4ccccc4cc23)cc1S(=O)(=O)O. The fourth-order valence-corrected chi connectivity index (χ4v) is 5.97. The van der Waals surface area contributed by atoms with Gasteiger partial charge >= 0.3 is 0 Å². The zero-order chi connectivity index (χ0) is 27.2.